The van der Waals surface area contributed by atoms with Crippen LogP contribution in [0.4, 0.5) is 5.69 Å². The zero-order valence-electron chi connectivity index (χ0n) is 13.1. The average molecular weight is 357 g/mol. The van der Waals surface area contributed by atoms with E-state index in [2.05, 4.69) is 65.7 Å². The second-order valence-corrected chi connectivity index (χ2v) is 12.7. The first-order chi connectivity index (χ1) is 9.21. The molecule has 20 heavy (non-hydrogen) atoms. The fourth-order valence-electron chi connectivity index (χ4n) is 2.26. The largest absolute Gasteiger partial charge is 0.412 e. The van der Waals surface area contributed by atoms with Crippen LogP contribution < -0.4 is 4.90 Å². The van der Waals surface area contributed by atoms with Crippen molar-refractivity contribution in [2.75, 3.05) is 18.0 Å². The Morgan fingerprint density at radius 1 is 1.40 bits per heavy atom. The van der Waals surface area contributed by atoms with E-state index in [0.29, 0.717) is 6.10 Å². The normalized spacial score (nSPS) is 20.5. The third-order valence-corrected chi connectivity index (χ3v) is 9.65. The van der Waals surface area contributed by atoms with Gasteiger partial charge in [-0.05, 0) is 46.5 Å². The predicted molar refractivity (Wildman–Crippen MR) is 90.8 cm³/mol. The van der Waals surface area contributed by atoms with Crippen molar-refractivity contribution in [3.05, 3.63) is 22.9 Å². The molecule has 1 fully saturated rings. The number of anilines is 1. The highest BCUT2D eigenvalue weighted by Gasteiger charge is 2.40. The van der Waals surface area contributed by atoms with Crippen LogP contribution in [0, 0.1) is 0 Å². The van der Waals surface area contributed by atoms with Gasteiger partial charge in [0.2, 0.25) is 0 Å². The molecule has 0 N–H and O–H groups in total. The van der Waals surface area contributed by atoms with Crippen LogP contribution in [0.3, 0.4) is 0 Å². The lowest BCUT2D eigenvalue weighted by Gasteiger charge is -2.38. The van der Waals surface area contributed by atoms with E-state index in [9.17, 15) is 0 Å². The van der Waals surface area contributed by atoms with Crippen molar-refractivity contribution in [1.29, 1.82) is 0 Å². The molecule has 112 valence electrons. The molecule has 2 rings (SSSR count). The van der Waals surface area contributed by atoms with Crippen LogP contribution in [0.5, 0.6) is 0 Å². The van der Waals surface area contributed by atoms with Crippen molar-refractivity contribution in [1.82, 2.24) is 4.98 Å². The van der Waals surface area contributed by atoms with Crippen LogP contribution in [0.1, 0.15) is 27.2 Å². The van der Waals surface area contributed by atoms with E-state index in [1.54, 1.807) is 0 Å². The number of halogens is 1. The maximum Gasteiger partial charge on any atom is 0.192 e. The molecule has 0 radical (unpaired) electrons. The Balaban J connectivity index is 2.02. The Kier molecular flexibility index (Phi) is 4.62. The molecular weight excluding hydrogens is 332 g/mol. The molecule has 1 unspecified atom stereocenters. The van der Waals surface area contributed by atoms with Gasteiger partial charge in [0.05, 0.1) is 16.3 Å². The maximum atomic E-state index is 6.52. The number of hydrogen-bond donors (Lipinski definition) is 0. The average Bonchev–Trinajstić information content (AvgIpc) is 2.75. The molecule has 5 heteroatoms. The Labute approximate surface area is 132 Å². The Hall–Kier alpha value is -0.393. The molecule has 1 aromatic heterocycles. The van der Waals surface area contributed by atoms with Crippen molar-refractivity contribution in [2.45, 2.75) is 51.4 Å². The summed E-state index contributed by atoms with van der Waals surface area (Å²) in [5, 5.41) is 0.275. The maximum absolute atomic E-state index is 6.52. The summed E-state index contributed by atoms with van der Waals surface area (Å²) in [7, 11) is -1.66. The standard InChI is InChI=1S/C15H25BrN2OSi/c1-15(2,3)20(4,5)19-12-7-9-18(11-12)14-6-8-17-10-13(14)16/h6,8,10,12H,7,9,11H2,1-5H3. The lowest BCUT2D eigenvalue weighted by molar-refractivity contribution is 0.202. The van der Waals surface area contributed by atoms with Gasteiger partial charge in [-0.25, -0.2) is 0 Å². The van der Waals surface area contributed by atoms with E-state index in [0.717, 1.165) is 24.0 Å². The van der Waals surface area contributed by atoms with E-state index in [1.165, 1.54) is 5.69 Å². The molecule has 1 aliphatic heterocycles. The molecule has 0 amide bonds. The van der Waals surface area contributed by atoms with Crippen LogP contribution >= 0.6 is 15.9 Å². The summed E-state index contributed by atoms with van der Waals surface area (Å²) in [5.74, 6) is 0. The molecule has 2 heterocycles. The van der Waals surface area contributed by atoms with Gasteiger partial charge in [0.25, 0.3) is 0 Å². The summed E-state index contributed by atoms with van der Waals surface area (Å²) in [5.41, 5.74) is 1.22. The van der Waals surface area contributed by atoms with E-state index in [4.69, 9.17) is 4.43 Å². The molecule has 0 aromatic carbocycles. The zero-order valence-corrected chi connectivity index (χ0v) is 15.7. The van der Waals surface area contributed by atoms with Gasteiger partial charge in [-0.1, -0.05) is 20.8 Å². The van der Waals surface area contributed by atoms with Gasteiger partial charge < -0.3 is 9.33 Å². The van der Waals surface area contributed by atoms with Gasteiger partial charge in [0.15, 0.2) is 8.32 Å². The quantitative estimate of drug-likeness (QED) is 0.748. The minimum absolute atomic E-state index is 0.275. The lowest BCUT2D eigenvalue weighted by atomic mass is 10.2. The van der Waals surface area contributed by atoms with Gasteiger partial charge in [-0.2, -0.15) is 0 Å². The van der Waals surface area contributed by atoms with Crippen molar-refractivity contribution in [3.8, 4) is 0 Å². The monoisotopic (exact) mass is 356 g/mol. The highest BCUT2D eigenvalue weighted by molar-refractivity contribution is 9.10. The van der Waals surface area contributed by atoms with Crippen LogP contribution in [0.25, 0.3) is 0 Å². The number of nitrogens with zero attached hydrogens (tertiary/aromatic N) is 2. The molecule has 0 aliphatic carbocycles. The Morgan fingerprint density at radius 2 is 2.10 bits per heavy atom. The second kappa shape index (κ2) is 5.77. The summed E-state index contributed by atoms with van der Waals surface area (Å²) in [6.45, 7) is 13.6. The van der Waals surface area contributed by atoms with Crippen LogP contribution in [-0.4, -0.2) is 32.5 Å². The fourth-order valence-corrected chi connectivity index (χ4v) is 4.14. The van der Waals surface area contributed by atoms with Crippen molar-refractivity contribution >= 4 is 29.9 Å². The molecule has 3 nitrogen and oxygen atoms in total. The van der Waals surface area contributed by atoms with Gasteiger partial charge in [0.1, 0.15) is 0 Å². The zero-order chi connectivity index (χ0) is 15.0. The molecule has 1 saturated heterocycles. The second-order valence-electron chi connectivity index (χ2n) is 7.06. The first kappa shape index (κ1) is 16.0. The summed E-state index contributed by atoms with van der Waals surface area (Å²) >= 11 is 3.58. The third kappa shape index (κ3) is 3.43. The number of aromatic nitrogens is 1. The smallest absolute Gasteiger partial charge is 0.192 e. The summed E-state index contributed by atoms with van der Waals surface area (Å²) in [6, 6.07) is 2.07. The first-order valence-corrected chi connectivity index (χ1v) is 10.9. The van der Waals surface area contributed by atoms with E-state index in [-0.39, 0.29) is 5.04 Å². The fraction of sp³-hybridized carbons (Fsp3) is 0.667. The molecule has 1 aliphatic rings. The number of rotatable bonds is 3. The number of pyridine rings is 1. The first-order valence-electron chi connectivity index (χ1n) is 7.23. The van der Waals surface area contributed by atoms with E-state index >= 15 is 0 Å². The topological polar surface area (TPSA) is 25.4 Å². The molecule has 0 saturated carbocycles. The molecule has 0 spiro atoms. The highest BCUT2D eigenvalue weighted by atomic mass is 79.9. The molecular formula is C15H25BrN2OSi. The number of hydrogen-bond acceptors (Lipinski definition) is 3. The van der Waals surface area contributed by atoms with Crippen LogP contribution in [0.15, 0.2) is 22.9 Å². The van der Waals surface area contributed by atoms with Crippen molar-refractivity contribution in [3.63, 3.8) is 0 Å². The Morgan fingerprint density at radius 3 is 2.70 bits per heavy atom. The summed E-state index contributed by atoms with van der Waals surface area (Å²) in [4.78, 5) is 6.52. The molecule has 1 aromatic rings. The molecule has 1 atom stereocenters. The van der Waals surface area contributed by atoms with E-state index < -0.39 is 8.32 Å². The van der Waals surface area contributed by atoms with E-state index in [1.807, 2.05) is 12.4 Å². The minimum atomic E-state index is -1.66. The van der Waals surface area contributed by atoms with Crippen molar-refractivity contribution < 1.29 is 4.43 Å². The lowest BCUT2D eigenvalue weighted by Crippen LogP contribution is -2.44. The van der Waals surface area contributed by atoms with Crippen LogP contribution in [-0.2, 0) is 4.43 Å². The van der Waals surface area contributed by atoms with Gasteiger partial charge in [-0.15, -0.1) is 0 Å². The SMILES string of the molecule is CC(C)(C)[Si](C)(C)OC1CCN(c2ccncc2Br)C1. The van der Waals surface area contributed by atoms with Crippen LogP contribution in [0.2, 0.25) is 18.1 Å². The Bertz CT molecular complexity index is 473. The van der Waals surface area contributed by atoms with Gasteiger partial charge >= 0.3 is 0 Å². The van der Waals surface area contributed by atoms with Gasteiger partial charge in [-0.3, -0.25) is 4.98 Å². The van der Waals surface area contributed by atoms with Crippen molar-refractivity contribution in [2.24, 2.45) is 0 Å². The highest BCUT2D eigenvalue weighted by Crippen LogP contribution is 2.39. The summed E-state index contributed by atoms with van der Waals surface area (Å²) < 4.78 is 7.58. The predicted octanol–water partition coefficient (Wildman–Crippen LogP) is 4.44. The molecule has 0 bridgehead atoms. The minimum Gasteiger partial charge on any atom is -0.412 e. The third-order valence-electron chi connectivity index (χ3n) is 4.50. The summed E-state index contributed by atoms with van der Waals surface area (Å²) in [6.07, 6.45) is 5.18. The van der Waals surface area contributed by atoms with Gasteiger partial charge in [0, 0.05) is 25.5 Å².